The molecule has 1 aromatic carbocycles. The van der Waals surface area contributed by atoms with Crippen molar-refractivity contribution in [1.29, 1.82) is 0 Å². The number of aryl methyl sites for hydroxylation is 3. The number of nitrogens with one attached hydrogen (secondary N) is 1. The highest BCUT2D eigenvalue weighted by molar-refractivity contribution is 5.92. The average Bonchev–Trinajstić information content (AvgIpc) is 3.24. The second-order valence-electron chi connectivity index (χ2n) is 7.70. The Morgan fingerprint density at radius 1 is 1.30 bits per heavy atom. The zero-order valence-electron chi connectivity index (χ0n) is 16.2. The fourth-order valence-electron chi connectivity index (χ4n) is 4.17. The molecule has 5 heteroatoms. The number of hydrogen-bond donors (Lipinski definition) is 1. The van der Waals surface area contributed by atoms with Gasteiger partial charge in [0.2, 0.25) is 5.91 Å². The molecule has 0 radical (unpaired) electrons. The summed E-state index contributed by atoms with van der Waals surface area (Å²) in [4.78, 5) is 15.0. The number of hydrogen-bond acceptors (Lipinski definition) is 4. The Balaban J connectivity index is 1.40. The van der Waals surface area contributed by atoms with E-state index in [1.54, 1.807) is 0 Å². The van der Waals surface area contributed by atoms with Crippen molar-refractivity contribution in [2.75, 3.05) is 25.1 Å². The highest BCUT2D eigenvalue weighted by Gasteiger charge is 2.27. The summed E-state index contributed by atoms with van der Waals surface area (Å²) in [6, 6.07) is 8.39. The summed E-state index contributed by atoms with van der Waals surface area (Å²) in [6.45, 7) is 6.86. The van der Waals surface area contributed by atoms with Gasteiger partial charge in [-0.15, -0.1) is 0 Å². The number of anilines is 1. The molecular weight excluding hydrogens is 340 g/mol. The van der Waals surface area contributed by atoms with E-state index < -0.39 is 0 Å². The van der Waals surface area contributed by atoms with Gasteiger partial charge in [0.1, 0.15) is 11.5 Å². The Bertz CT molecular complexity index is 807. The van der Waals surface area contributed by atoms with Crippen LogP contribution in [-0.2, 0) is 28.9 Å². The number of ether oxygens (including phenoxy) is 1. The van der Waals surface area contributed by atoms with Crippen molar-refractivity contribution >= 4 is 11.6 Å². The first-order valence-corrected chi connectivity index (χ1v) is 9.88. The molecule has 27 heavy (non-hydrogen) atoms. The molecule has 1 amide bonds. The predicted molar refractivity (Wildman–Crippen MR) is 105 cm³/mol. The number of nitrogens with zero attached hydrogens (tertiary/aromatic N) is 1. The van der Waals surface area contributed by atoms with Crippen LogP contribution < -0.4 is 5.32 Å². The van der Waals surface area contributed by atoms with E-state index in [1.807, 2.05) is 19.1 Å². The van der Waals surface area contributed by atoms with Gasteiger partial charge in [0, 0.05) is 24.7 Å². The van der Waals surface area contributed by atoms with Gasteiger partial charge in [-0.05, 0) is 61.9 Å². The quantitative estimate of drug-likeness (QED) is 0.876. The fraction of sp³-hybridized carbons (Fsp3) is 0.500. The van der Waals surface area contributed by atoms with Crippen LogP contribution in [0.3, 0.4) is 0 Å². The van der Waals surface area contributed by atoms with Crippen molar-refractivity contribution in [2.45, 2.75) is 52.1 Å². The second-order valence-corrected chi connectivity index (χ2v) is 7.70. The van der Waals surface area contributed by atoms with Crippen molar-refractivity contribution in [1.82, 2.24) is 4.90 Å². The summed E-state index contributed by atoms with van der Waals surface area (Å²) >= 11 is 0. The topological polar surface area (TPSA) is 54.7 Å². The third-order valence-corrected chi connectivity index (χ3v) is 5.77. The molecule has 1 aliphatic carbocycles. The average molecular weight is 368 g/mol. The van der Waals surface area contributed by atoms with Gasteiger partial charge in [-0.1, -0.05) is 12.1 Å². The van der Waals surface area contributed by atoms with Gasteiger partial charge in [0.25, 0.3) is 0 Å². The third-order valence-electron chi connectivity index (χ3n) is 5.77. The third kappa shape index (κ3) is 4.09. The number of morpholine rings is 1. The van der Waals surface area contributed by atoms with E-state index in [0.29, 0.717) is 19.6 Å². The molecule has 2 heterocycles. The predicted octanol–water partition coefficient (Wildman–Crippen LogP) is 3.61. The molecule has 5 nitrogen and oxygen atoms in total. The number of benzene rings is 1. The molecule has 2 aromatic rings. The maximum atomic E-state index is 12.7. The summed E-state index contributed by atoms with van der Waals surface area (Å²) < 4.78 is 11.5. The fourth-order valence-corrected chi connectivity index (χ4v) is 4.17. The lowest BCUT2D eigenvalue weighted by molar-refractivity contribution is -0.119. The van der Waals surface area contributed by atoms with E-state index in [1.165, 1.54) is 23.1 Å². The molecule has 1 fully saturated rings. The molecule has 4 rings (SSSR count). The van der Waals surface area contributed by atoms with E-state index >= 15 is 0 Å². The number of fused-ring (bicyclic) bond motifs is 1. The zero-order valence-corrected chi connectivity index (χ0v) is 16.2. The van der Waals surface area contributed by atoms with E-state index in [0.717, 1.165) is 43.1 Å². The number of furan rings is 1. The smallest absolute Gasteiger partial charge is 0.226 e. The number of carbonyl (C=O) groups excluding carboxylic acids is 1. The summed E-state index contributed by atoms with van der Waals surface area (Å²) in [5, 5.41) is 3.14. The molecule has 0 saturated carbocycles. The summed E-state index contributed by atoms with van der Waals surface area (Å²) in [5.74, 6) is 1.98. The Labute approximate surface area is 160 Å². The summed E-state index contributed by atoms with van der Waals surface area (Å²) in [6.07, 6.45) is 3.78. The molecule has 1 atom stereocenters. The molecule has 1 unspecified atom stereocenters. The van der Waals surface area contributed by atoms with Crippen LogP contribution >= 0.6 is 0 Å². The molecule has 1 aliphatic heterocycles. The molecule has 1 N–H and O–H groups in total. The van der Waals surface area contributed by atoms with Gasteiger partial charge in [-0.25, -0.2) is 0 Å². The van der Waals surface area contributed by atoms with Crippen molar-refractivity contribution in [3.63, 3.8) is 0 Å². The van der Waals surface area contributed by atoms with Crippen LogP contribution in [-0.4, -0.2) is 36.6 Å². The second kappa shape index (κ2) is 7.87. The summed E-state index contributed by atoms with van der Waals surface area (Å²) in [5.41, 5.74) is 4.84. The summed E-state index contributed by atoms with van der Waals surface area (Å²) in [7, 11) is 0. The van der Waals surface area contributed by atoms with Gasteiger partial charge in [-0.3, -0.25) is 9.69 Å². The number of rotatable bonds is 5. The van der Waals surface area contributed by atoms with Crippen molar-refractivity contribution in [3.05, 3.63) is 52.5 Å². The van der Waals surface area contributed by atoms with Gasteiger partial charge < -0.3 is 14.5 Å². The SMILES string of the molecule is Cc1cc(CN2CCOCC2CC(=O)Nc2cccc3c2CCC3)oc1C. The van der Waals surface area contributed by atoms with E-state index in [-0.39, 0.29) is 11.9 Å². The van der Waals surface area contributed by atoms with Gasteiger partial charge in [-0.2, -0.15) is 0 Å². The maximum absolute atomic E-state index is 12.7. The van der Waals surface area contributed by atoms with Gasteiger partial charge in [0.15, 0.2) is 0 Å². The van der Waals surface area contributed by atoms with Gasteiger partial charge in [0.05, 0.1) is 19.8 Å². The molecule has 2 aliphatic rings. The Morgan fingerprint density at radius 3 is 3.00 bits per heavy atom. The lowest BCUT2D eigenvalue weighted by Crippen LogP contribution is -2.46. The van der Waals surface area contributed by atoms with Crippen LogP contribution in [0.4, 0.5) is 5.69 Å². The highest BCUT2D eigenvalue weighted by atomic mass is 16.5. The minimum Gasteiger partial charge on any atom is -0.465 e. The lowest BCUT2D eigenvalue weighted by atomic mass is 10.1. The first-order chi connectivity index (χ1) is 13.1. The maximum Gasteiger partial charge on any atom is 0.226 e. The molecule has 0 bridgehead atoms. The van der Waals surface area contributed by atoms with Crippen LogP contribution in [0.25, 0.3) is 0 Å². The monoisotopic (exact) mass is 368 g/mol. The van der Waals surface area contributed by atoms with Crippen molar-refractivity contribution in [2.24, 2.45) is 0 Å². The van der Waals surface area contributed by atoms with E-state index in [2.05, 4.69) is 29.3 Å². The molecule has 0 spiro atoms. The lowest BCUT2D eigenvalue weighted by Gasteiger charge is -2.34. The molecular formula is C22H28N2O3. The Hall–Kier alpha value is -2.11. The first kappa shape index (κ1) is 18.3. The van der Waals surface area contributed by atoms with E-state index in [9.17, 15) is 4.79 Å². The molecule has 1 saturated heterocycles. The standard InChI is InChI=1S/C22H28N2O3/c1-15-11-19(27-16(15)2)13-24-9-10-26-14-18(24)12-22(25)23-21-8-4-6-17-5-3-7-20(17)21/h4,6,8,11,18H,3,5,7,9-10,12-14H2,1-2H3,(H,23,25). The van der Waals surface area contributed by atoms with Crippen LogP contribution in [0.5, 0.6) is 0 Å². The van der Waals surface area contributed by atoms with Crippen LogP contribution in [0.15, 0.2) is 28.7 Å². The first-order valence-electron chi connectivity index (χ1n) is 9.88. The molecule has 144 valence electrons. The highest BCUT2D eigenvalue weighted by Crippen LogP contribution is 2.29. The van der Waals surface area contributed by atoms with E-state index in [4.69, 9.17) is 9.15 Å². The zero-order chi connectivity index (χ0) is 18.8. The Morgan fingerprint density at radius 2 is 2.19 bits per heavy atom. The normalized spacial score (nSPS) is 19.9. The van der Waals surface area contributed by atoms with Crippen LogP contribution in [0.2, 0.25) is 0 Å². The number of carbonyl (C=O) groups is 1. The Kier molecular flexibility index (Phi) is 5.32. The minimum atomic E-state index is 0.0580. The largest absolute Gasteiger partial charge is 0.465 e. The van der Waals surface area contributed by atoms with Crippen molar-refractivity contribution < 1.29 is 13.9 Å². The van der Waals surface area contributed by atoms with Crippen molar-refractivity contribution in [3.8, 4) is 0 Å². The van der Waals surface area contributed by atoms with Crippen LogP contribution in [0.1, 0.15) is 41.1 Å². The molecule has 1 aromatic heterocycles. The van der Waals surface area contributed by atoms with Crippen LogP contribution in [0, 0.1) is 13.8 Å². The van der Waals surface area contributed by atoms with Gasteiger partial charge >= 0.3 is 0 Å². The number of amides is 1. The minimum absolute atomic E-state index is 0.0580.